The fourth-order valence-corrected chi connectivity index (χ4v) is 3.34. The van der Waals surface area contributed by atoms with Gasteiger partial charge >= 0.3 is 0 Å². The van der Waals surface area contributed by atoms with Gasteiger partial charge in [-0.3, -0.25) is 4.79 Å². The fraction of sp³-hybridized carbons (Fsp3) is 0.467. The van der Waals surface area contributed by atoms with Crippen LogP contribution < -0.4 is 11.1 Å². The van der Waals surface area contributed by atoms with E-state index < -0.39 is 5.54 Å². The summed E-state index contributed by atoms with van der Waals surface area (Å²) >= 11 is 1.46. The lowest BCUT2D eigenvalue weighted by Gasteiger charge is -2.21. The number of nitrogens with two attached hydrogens (primary N) is 1. The molecule has 0 bridgehead atoms. The van der Waals surface area contributed by atoms with Gasteiger partial charge in [0, 0.05) is 10.6 Å². The summed E-state index contributed by atoms with van der Waals surface area (Å²) in [5.74, 6) is 0.230. The SMILES string of the molecule is Cc1ccc(N)cc1SCC(=O)NC1(C#N)CCCC1. The van der Waals surface area contributed by atoms with E-state index in [4.69, 9.17) is 5.73 Å². The van der Waals surface area contributed by atoms with Gasteiger partial charge in [-0.05, 0) is 50.3 Å². The lowest BCUT2D eigenvalue weighted by atomic mass is 10.0. The maximum atomic E-state index is 12.0. The molecule has 0 saturated heterocycles. The minimum atomic E-state index is -0.637. The molecular formula is C15H19N3OS. The zero-order valence-electron chi connectivity index (χ0n) is 11.6. The van der Waals surface area contributed by atoms with E-state index in [9.17, 15) is 10.1 Å². The highest BCUT2D eigenvalue weighted by Gasteiger charge is 2.35. The zero-order chi connectivity index (χ0) is 14.6. The molecule has 1 aliphatic carbocycles. The van der Waals surface area contributed by atoms with E-state index in [2.05, 4.69) is 11.4 Å². The Morgan fingerprint density at radius 2 is 2.20 bits per heavy atom. The molecule has 0 radical (unpaired) electrons. The van der Waals surface area contributed by atoms with Crippen LogP contribution in [0, 0.1) is 18.3 Å². The lowest BCUT2D eigenvalue weighted by molar-refractivity contribution is -0.119. The summed E-state index contributed by atoms with van der Waals surface area (Å²) < 4.78 is 0. The first-order valence-electron chi connectivity index (χ1n) is 6.76. The summed E-state index contributed by atoms with van der Waals surface area (Å²) in [5.41, 5.74) is 6.92. The number of hydrogen-bond donors (Lipinski definition) is 2. The average molecular weight is 289 g/mol. The predicted molar refractivity (Wildman–Crippen MR) is 81.3 cm³/mol. The van der Waals surface area contributed by atoms with E-state index in [1.165, 1.54) is 11.8 Å². The van der Waals surface area contributed by atoms with E-state index in [1.807, 2.05) is 25.1 Å². The summed E-state index contributed by atoms with van der Waals surface area (Å²) in [4.78, 5) is 13.0. The monoisotopic (exact) mass is 289 g/mol. The summed E-state index contributed by atoms with van der Waals surface area (Å²) in [7, 11) is 0. The number of anilines is 1. The smallest absolute Gasteiger partial charge is 0.231 e. The minimum Gasteiger partial charge on any atom is -0.399 e. The number of nitrogens with one attached hydrogen (secondary N) is 1. The molecule has 2 rings (SSSR count). The molecule has 3 N–H and O–H groups in total. The number of nitrogen functional groups attached to an aromatic ring is 1. The van der Waals surface area contributed by atoms with Crippen molar-refractivity contribution in [2.24, 2.45) is 0 Å². The normalized spacial score (nSPS) is 16.6. The van der Waals surface area contributed by atoms with Crippen LogP contribution in [0.1, 0.15) is 31.2 Å². The molecule has 1 amide bonds. The Morgan fingerprint density at radius 3 is 2.85 bits per heavy atom. The quantitative estimate of drug-likeness (QED) is 0.659. The van der Waals surface area contributed by atoms with Crippen molar-refractivity contribution >= 4 is 23.4 Å². The molecule has 1 aromatic rings. The van der Waals surface area contributed by atoms with Crippen LogP contribution >= 0.6 is 11.8 Å². The first-order chi connectivity index (χ1) is 9.54. The topological polar surface area (TPSA) is 78.9 Å². The van der Waals surface area contributed by atoms with Gasteiger partial charge in [-0.1, -0.05) is 6.07 Å². The third kappa shape index (κ3) is 3.45. The number of thioether (sulfide) groups is 1. The van der Waals surface area contributed by atoms with Crippen molar-refractivity contribution in [2.75, 3.05) is 11.5 Å². The number of nitriles is 1. The number of aryl methyl sites for hydroxylation is 1. The molecule has 4 nitrogen and oxygen atoms in total. The van der Waals surface area contributed by atoms with E-state index >= 15 is 0 Å². The van der Waals surface area contributed by atoms with Crippen LogP contribution in [-0.4, -0.2) is 17.2 Å². The molecular weight excluding hydrogens is 270 g/mol. The number of benzene rings is 1. The van der Waals surface area contributed by atoms with Crippen molar-refractivity contribution in [2.45, 2.75) is 43.0 Å². The molecule has 0 spiro atoms. The van der Waals surface area contributed by atoms with E-state index in [0.29, 0.717) is 11.4 Å². The molecule has 5 heteroatoms. The maximum Gasteiger partial charge on any atom is 0.231 e. The van der Waals surface area contributed by atoms with Crippen LogP contribution in [0.3, 0.4) is 0 Å². The Labute approximate surface area is 123 Å². The standard InChI is InChI=1S/C15H19N3OS/c1-11-4-5-12(17)8-13(11)20-9-14(19)18-15(10-16)6-2-3-7-15/h4-5,8H,2-3,6-7,9,17H2,1H3,(H,18,19). The van der Waals surface area contributed by atoms with Crippen molar-refractivity contribution in [3.63, 3.8) is 0 Å². The van der Waals surface area contributed by atoms with E-state index in [0.717, 1.165) is 36.1 Å². The molecule has 1 fully saturated rings. The van der Waals surface area contributed by atoms with Gasteiger partial charge in [0.2, 0.25) is 5.91 Å². The Kier molecular flexibility index (Phi) is 4.56. The summed E-state index contributed by atoms with van der Waals surface area (Å²) in [6, 6.07) is 7.94. The number of nitrogens with zero attached hydrogens (tertiary/aromatic N) is 1. The van der Waals surface area contributed by atoms with Crippen LogP contribution in [0.4, 0.5) is 5.69 Å². The van der Waals surface area contributed by atoms with Crippen molar-refractivity contribution in [3.05, 3.63) is 23.8 Å². The highest BCUT2D eigenvalue weighted by molar-refractivity contribution is 8.00. The highest BCUT2D eigenvalue weighted by atomic mass is 32.2. The Hall–Kier alpha value is -1.67. The molecule has 20 heavy (non-hydrogen) atoms. The third-order valence-corrected chi connectivity index (χ3v) is 4.78. The van der Waals surface area contributed by atoms with Crippen LogP contribution in [0.2, 0.25) is 0 Å². The summed E-state index contributed by atoms with van der Waals surface area (Å²) in [6.45, 7) is 1.99. The fourth-order valence-electron chi connectivity index (χ4n) is 2.46. The van der Waals surface area contributed by atoms with Crippen LogP contribution in [0.25, 0.3) is 0 Å². The van der Waals surface area contributed by atoms with Crippen molar-refractivity contribution in [3.8, 4) is 6.07 Å². The molecule has 0 heterocycles. The second kappa shape index (κ2) is 6.19. The maximum absolute atomic E-state index is 12.0. The third-order valence-electron chi connectivity index (χ3n) is 3.62. The molecule has 0 atom stereocenters. The molecule has 1 saturated carbocycles. The largest absolute Gasteiger partial charge is 0.399 e. The van der Waals surface area contributed by atoms with Crippen molar-refractivity contribution in [1.82, 2.24) is 5.32 Å². The van der Waals surface area contributed by atoms with Gasteiger partial charge in [-0.15, -0.1) is 11.8 Å². The van der Waals surface area contributed by atoms with Gasteiger partial charge in [-0.25, -0.2) is 0 Å². The van der Waals surface area contributed by atoms with Gasteiger partial charge < -0.3 is 11.1 Å². The molecule has 0 aliphatic heterocycles. The number of hydrogen-bond acceptors (Lipinski definition) is 4. The van der Waals surface area contributed by atoms with Gasteiger partial charge in [-0.2, -0.15) is 5.26 Å². The number of rotatable bonds is 4. The van der Waals surface area contributed by atoms with Crippen molar-refractivity contribution in [1.29, 1.82) is 5.26 Å². The number of carbonyl (C=O) groups excluding carboxylic acids is 1. The summed E-state index contributed by atoms with van der Waals surface area (Å²) in [5, 5.41) is 12.1. The van der Waals surface area contributed by atoms with E-state index in [-0.39, 0.29) is 5.91 Å². The Balaban J connectivity index is 1.92. The van der Waals surface area contributed by atoms with Crippen LogP contribution in [0.15, 0.2) is 23.1 Å². The van der Waals surface area contributed by atoms with Gasteiger partial charge in [0.05, 0.1) is 11.8 Å². The lowest BCUT2D eigenvalue weighted by Crippen LogP contribution is -2.45. The Morgan fingerprint density at radius 1 is 1.50 bits per heavy atom. The number of carbonyl (C=O) groups is 1. The average Bonchev–Trinajstić information content (AvgIpc) is 2.89. The first kappa shape index (κ1) is 14.7. The molecule has 106 valence electrons. The predicted octanol–water partition coefficient (Wildman–Crippen LogP) is 2.62. The zero-order valence-corrected chi connectivity index (χ0v) is 12.4. The van der Waals surface area contributed by atoms with Crippen molar-refractivity contribution < 1.29 is 4.79 Å². The second-order valence-corrected chi connectivity index (χ2v) is 6.28. The van der Waals surface area contributed by atoms with Gasteiger partial charge in [0.25, 0.3) is 0 Å². The first-order valence-corrected chi connectivity index (χ1v) is 7.74. The molecule has 1 aromatic carbocycles. The second-order valence-electron chi connectivity index (χ2n) is 5.26. The van der Waals surface area contributed by atoms with Gasteiger partial charge in [0.1, 0.15) is 5.54 Å². The minimum absolute atomic E-state index is 0.0831. The van der Waals surface area contributed by atoms with Crippen LogP contribution in [-0.2, 0) is 4.79 Å². The molecule has 1 aliphatic rings. The molecule has 0 unspecified atom stereocenters. The van der Waals surface area contributed by atoms with Gasteiger partial charge in [0.15, 0.2) is 0 Å². The van der Waals surface area contributed by atoms with E-state index in [1.54, 1.807) is 0 Å². The van der Waals surface area contributed by atoms with Crippen LogP contribution in [0.5, 0.6) is 0 Å². The Bertz CT molecular complexity index is 545. The molecule has 0 aromatic heterocycles. The summed E-state index contributed by atoms with van der Waals surface area (Å²) in [6.07, 6.45) is 3.54. The highest BCUT2D eigenvalue weighted by Crippen LogP contribution is 2.29. The number of amides is 1.